The standard InChI is InChI=1S/C19H21N5O4/c1-28-17(27)8-15(25)23-11-2-4-12(5-3-11)24-16(26)10-21-14-9-22-19-13(18(14)24)6-7-20-19/h6-7,9-12H,2-5,8H2,1H3,(H,20,22)(H,23,25). The quantitative estimate of drug-likeness (QED) is 0.520. The van der Waals surface area contributed by atoms with Gasteiger partial charge in [0.1, 0.15) is 17.6 Å². The number of ether oxygens (including phenoxy) is 1. The van der Waals surface area contributed by atoms with E-state index in [2.05, 4.69) is 25.0 Å². The molecule has 4 rings (SSSR count). The van der Waals surface area contributed by atoms with Gasteiger partial charge in [-0.25, -0.2) is 9.97 Å². The Morgan fingerprint density at radius 1 is 1.25 bits per heavy atom. The summed E-state index contributed by atoms with van der Waals surface area (Å²) in [5.74, 6) is -0.882. The molecule has 3 aromatic rings. The molecule has 1 aliphatic rings. The summed E-state index contributed by atoms with van der Waals surface area (Å²) in [4.78, 5) is 47.4. The number of carbonyl (C=O) groups is 2. The summed E-state index contributed by atoms with van der Waals surface area (Å²) in [5.41, 5.74) is 2.05. The monoisotopic (exact) mass is 383 g/mol. The molecule has 0 saturated heterocycles. The van der Waals surface area contributed by atoms with E-state index in [9.17, 15) is 14.4 Å². The van der Waals surface area contributed by atoms with Crippen LogP contribution in [0.1, 0.15) is 38.1 Å². The van der Waals surface area contributed by atoms with E-state index in [0.717, 1.165) is 42.2 Å². The predicted octanol–water partition coefficient (Wildman–Crippen LogP) is 1.44. The Morgan fingerprint density at radius 2 is 2.04 bits per heavy atom. The number of esters is 1. The zero-order valence-electron chi connectivity index (χ0n) is 15.5. The number of methoxy groups -OCH3 is 1. The van der Waals surface area contributed by atoms with Crippen LogP contribution >= 0.6 is 0 Å². The highest BCUT2D eigenvalue weighted by molar-refractivity contribution is 6.00. The molecule has 0 spiro atoms. The van der Waals surface area contributed by atoms with Crippen LogP contribution < -0.4 is 10.9 Å². The molecule has 1 saturated carbocycles. The molecule has 1 amide bonds. The van der Waals surface area contributed by atoms with Crippen molar-refractivity contribution in [3.05, 3.63) is 35.0 Å². The van der Waals surface area contributed by atoms with Crippen LogP contribution in [0.3, 0.4) is 0 Å². The van der Waals surface area contributed by atoms with Gasteiger partial charge < -0.3 is 19.6 Å². The molecule has 146 valence electrons. The predicted molar refractivity (Wildman–Crippen MR) is 102 cm³/mol. The molecule has 0 aliphatic heterocycles. The molecular weight excluding hydrogens is 362 g/mol. The van der Waals surface area contributed by atoms with Crippen LogP contribution in [0, 0.1) is 0 Å². The Morgan fingerprint density at radius 3 is 2.79 bits per heavy atom. The summed E-state index contributed by atoms with van der Waals surface area (Å²) >= 11 is 0. The van der Waals surface area contributed by atoms with E-state index in [-0.39, 0.29) is 30.0 Å². The fourth-order valence-corrected chi connectivity index (χ4v) is 3.95. The first-order valence-corrected chi connectivity index (χ1v) is 9.26. The first-order valence-electron chi connectivity index (χ1n) is 9.26. The molecule has 2 N–H and O–H groups in total. The minimum absolute atomic E-state index is 0.00819. The van der Waals surface area contributed by atoms with E-state index in [1.165, 1.54) is 13.3 Å². The first-order chi connectivity index (χ1) is 13.6. The highest BCUT2D eigenvalue weighted by atomic mass is 16.5. The summed E-state index contributed by atoms with van der Waals surface area (Å²) in [7, 11) is 1.26. The van der Waals surface area contributed by atoms with Crippen molar-refractivity contribution in [1.82, 2.24) is 24.8 Å². The van der Waals surface area contributed by atoms with Crippen LogP contribution in [0.15, 0.2) is 29.5 Å². The van der Waals surface area contributed by atoms with E-state index < -0.39 is 5.97 Å². The number of fused-ring (bicyclic) bond motifs is 3. The fraction of sp³-hybridized carbons (Fsp3) is 0.421. The fourth-order valence-electron chi connectivity index (χ4n) is 3.95. The van der Waals surface area contributed by atoms with E-state index in [1.54, 1.807) is 12.4 Å². The van der Waals surface area contributed by atoms with Crippen molar-refractivity contribution in [1.29, 1.82) is 0 Å². The molecule has 9 nitrogen and oxygen atoms in total. The maximum atomic E-state index is 12.7. The molecule has 0 unspecified atom stereocenters. The molecule has 1 aliphatic carbocycles. The molecule has 0 aromatic carbocycles. The Bertz CT molecular complexity index is 1090. The second-order valence-electron chi connectivity index (χ2n) is 7.02. The van der Waals surface area contributed by atoms with E-state index in [1.807, 2.05) is 10.6 Å². The lowest BCUT2D eigenvalue weighted by atomic mass is 9.90. The molecule has 1 fully saturated rings. The average Bonchev–Trinajstić information content (AvgIpc) is 3.17. The van der Waals surface area contributed by atoms with Crippen LogP contribution in [0.25, 0.3) is 22.1 Å². The number of aromatic amines is 1. The number of nitrogens with one attached hydrogen (secondary N) is 2. The van der Waals surface area contributed by atoms with Gasteiger partial charge in [0.15, 0.2) is 0 Å². The van der Waals surface area contributed by atoms with Crippen molar-refractivity contribution in [2.75, 3.05) is 7.11 Å². The third kappa shape index (κ3) is 3.35. The number of pyridine rings is 1. The molecule has 3 aromatic heterocycles. The van der Waals surface area contributed by atoms with Crippen molar-refractivity contribution < 1.29 is 14.3 Å². The van der Waals surface area contributed by atoms with Gasteiger partial charge in [0, 0.05) is 23.7 Å². The summed E-state index contributed by atoms with van der Waals surface area (Å²) < 4.78 is 6.33. The number of aromatic nitrogens is 4. The summed E-state index contributed by atoms with van der Waals surface area (Å²) in [5, 5.41) is 3.75. The Labute approximate surface area is 160 Å². The maximum absolute atomic E-state index is 12.7. The Balaban J connectivity index is 1.55. The van der Waals surface area contributed by atoms with Crippen LogP contribution in [0.4, 0.5) is 0 Å². The SMILES string of the molecule is COC(=O)CC(=O)NC1CCC(n2c(=O)cnc3cnc4[nH]ccc4c32)CC1. The van der Waals surface area contributed by atoms with Crippen molar-refractivity contribution in [2.24, 2.45) is 0 Å². The maximum Gasteiger partial charge on any atom is 0.315 e. The molecule has 0 atom stereocenters. The number of rotatable bonds is 4. The lowest BCUT2D eigenvalue weighted by Crippen LogP contribution is -2.40. The average molecular weight is 383 g/mol. The van der Waals surface area contributed by atoms with Gasteiger partial charge >= 0.3 is 5.97 Å². The van der Waals surface area contributed by atoms with Gasteiger partial charge in [0.2, 0.25) is 5.91 Å². The lowest BCUT2D eigenvalue weighted by molar-refractivity contribution is -0.144. The molecule has 0 radical (unpaired) electrons. The minimum Gasteiger partial charge on any atom is -0.469 e. The Kier molecular flexibility index (Phi) is 4.81. The van der Waals surface area contributed by atoms with Crippen molar-refractivity contribution in [3.63, 3.8) is 0 Å². The molecule has 9 heteroatoms. The van der Waals surface area contributed by atoms with Crippen molar-refractivity contribution in [2.45, 2.75) is 44.2 Å². The number of H-pyrrole nitrogens is 1. The second kappa shape index (κ2) is 7.41. The molecular formula is C19H21N5O4. The van der Waals surface area contributed by atoms with E-state index in [4.69, 9.17) is 0 Å². The van der Waals surface area contributed by atoms with Gasteiger partial charge in [-0.3, -0.25) is 14.4 Å². The lowest BCUT2D eigenvalue weighted by Gasteiger charge is -2.31. The van der Waals surface area contributed by atoms with Crippen LogP contribution in [-0.2, 0) is 14.3 Å². The number of nitrogens with zero attached hydrogens (tertiary/aromatic N) is 3. The van der Waals surface area contributed by atoms with Crippen LogP contribution in [-0.4, -0.2) is 44.5 Å². The first kappa shape index (κ1) is 18.1. The number of carbonyl (C=O) groups excluding carboxylic acids is 2. The van der Waals surface area contributed by atoms with Crippen LogP contribution in [0.5, 0.6) is 0 Å². The number of amides is 1. The van der Waals surface area contributed by atoms with Crippen molar-refractivity contribution in [3.8, 4) is 0 Å². The third-order valence-corrected chi connectivity index (χ3v) is 5.29. The summed E-state index contributed by atoms with van der Waals surface area (Å²) in [6.45, 7) is 0. The molecule has 0 bridgehead atoms. The normalized spacial score (nSPS) is 19.6. The zero-order valence-corrected chi connectivity index (χ0v) is 15.5. The zero-order chi connectivity index (χ0) is 19.7. The van der Waals surface area contributed by atoms with Gasteiger partial charge in [-0.1, -0.05) is 0 Å². The van der Waals surface area contributed by atoms with E-state index in [0.29, 0.717) is 5.52 Å². The number of hydrogen-bond donors (Lipinski definition) is 2. The van der Waals surface area contributed by atoms with E-state index >= 15 is 0 Å². The summed E-state index contributed by atoms with van der Waals surface area (Å²) in [6, 6.07) is 1.92. The van der Waals surface area contributed by atoms with Gasteiger partial charge in [0.25, 0.3) is 5.56 Å². The molecule has 3 heterocycles. The van der Waals surface area contributed by atoms with Gasteiger partial charge in [-0.15, -0.1) is 0 Å². The van der Waals surface area contributed by atoms with Gasteiger partial charge in [-0.05, 0) is 31.7 Å². The number of hydrogen-bond acceptors (Lipinski definition) is 6. The third-order valence-electron chi connectivity index (χ3n) is 5.29. The smallest absolute Gasteiger partial charge is 0.315 e. The minimum atomic E-state index is -0.551. The van der Waals surface area contributed by atoms with Crippen molar-refractivity contribution >= 4 is 33.9 Å². The topological polar surface area (TPSA) is 119 Å². The largest absolute Gasteiger partial charge is 0.469 e. The van der Waals surface area contributed by atoms with Crippen LogP contribution in [0.2, 0.25) is 0 Å². The Hall–Kier alpha value is -3.23. The van der Waals surface area contributed by atoms with Gasteiger partial charge in [0.05, 0.1) is 25.0 Å². The highest BCUT2D eigenvalue weighted by Crippen LogP contribution is 2.31. The molecule has 28 heavy (non-hydrogen) atoms. The highest BCUT2D eigenvalue weighted by Gasteiger charge is 2.26. The second-order valence-corrected chi connectivity index (χ2v) is 7.02. The van der Waals surface area contributed by atoms with Gasteiger partial charge in [-0.2, -0.15) is 0 Å². The summed E-state index contributed by atoms with van der Waals surface area (Å²) in [6.07, 6.45) is 7.49.